The summed E-state index contributed by atoms with van der Waals surface area (Å²) in [4.78, 5) is 23.5. The molecule has 3 N–H and O–H groups in total. The van der Waals surface area contributed by atoms with Gasteiger partial charge in [-0.3, -0.25) is 4.79 Å². The Morgan fingerprint density at radius 1 is 1.08 bits per heavy atom. The third-order valence-corrected chi connectivity index (χ3v) is 3.76. The predicted molar refractivity (Wildman–Crippen MR) is 101 cm³/mol. The molecule has 0 saturated carbocycles. The average molecular weight is 406 g/mol. The molecule has 132 valence electrons. The van der Waals surface area contributed by atoms with Crippen molar-refractivity contribution in [3.8, 4) is 5.75 Å². The Balaban J connectivity index is 1.63. The number of ether oxygens (including phenoxy) is 1. The lowest BCUT2D eigenvalue weighted by molar-refractivity contribution is -0.115. The van der Waals surface area contributed by atoms with Crippen LogP contribution in [0, 0.1) is 6.92 Å². The summed E-state index contributed by atoms with van der Waals surface area (Å²) in [6.45, 7) is 2.48. The summed E-state index contributed by atoms with van der Waals surface area (Å²) in [5.41, 5.74) is 1.65. The average Bonchev–Trinajstić information content (AvgIpc) is 2.60. The van der Waals surface area contributed by atoms with Gasteiger partial charge in [-0.25, -0.2) is 4.79 Å². The number of hydrogen-bond acceptors (Lipinski definition) is 3. The van der Waals surface area contributed by atoms with Gasteiger partial charge in [0.25, 0.3) is 0 Å². The van der Waals surface area contributed by atoms with Crippen LogP contribution in [-0.2, 0) is 4.79 Å². The molecule has 0 fully saturated rings. The first-order valence-electron chi connectivity index (χ1n) is 7.80. The molecule has 0 aromatic heterocycles. The van der Waals surface area contributed by atoms with E-state index < -0.39 is 6.03 Å². The second-order valence-corrected chi connectivity index (χ2v) is 6.19. The molecular weight excluding hydrogens is 386 g/mol. The molecule has 0 aliphatic rings. The van der Waals surface area contributed by atoms with Gasteiger partial charge in [0.2, 0.25) is 5.91 Å². The Morgan fingerprint density at radius 3 is 2.56 bits per heavy atom. The highest BCUT2D eigenvalue weighted by atomic mass is 79.9. The summed E-state index contributed by atoms with van der Waals surface area (Å²) in [6, 6.07) is 14.5. The summed E-state index contributed by atoms with van der Waals surface area (Å²) in [5, 5.41) is 7.89. The topological polar surface area (TPSA) is 79.5 Å². The van der Waals surface area contributed by atoms with Crippen molar-refractivity contribution < 1.29 is 14.3 Å². The Hall–Kier alpha value is -2.54. The maximum atomic E-state index is 11.9. The molecule has 6 nitrogen and oxygen atoms in total. The molecule has 3 amide bonds. The fourth-order valence-corrected chi connectivity index (χ4v) is 2.51. The third kappa shape index (κ3) is 6.84. The highest BCUT2D eigenvalue weighted by Crippen LogP contribution is 2.19. The Bertz CT molecular complexity index is 723. The van der Waals surface area contributed by atoms with Gasteiger partial charge in [0.15, 0.2) is 0 Å². The normalized spacial score (nSPS) is 10.0. The summed E-state index contributed by atoms with van der Waals surface area (Å²) >= 11 is 3.37. The van der Waals surface area contributed by atoms with Gasteiger partial charge >= 0.3 is 6.03 Å². The van der Waals surface area contributed by atoms with Gasteiger partial charge in [-0.15, -0.1) is 0 Å². The highest BCUT2D eigenvalue weighted by Gasteiger charge is 2.07. The molecule has 0 radical (unpaired) electrons. The Kier molecular flexibility index (Phi) is 7.28. The van der Waals surface area contributed by atoms with Gasteiger partial charge in [0.05, 0.1) is 13.1 Å². The molecule has 0 aliphatic carbocycles. The van der Waals surface area contributed by atoms with Crippen LogP contribution in [0.3, 0.4) is 0 Å². The third-order valence-electron chi connectivity index (χ3n) is 3.27. The molecule has 0 unspecified atom stereocenters. The highest BCUT2D eigenvalue weighted by molar-refractivity contribution is 9.10. The number of hydrogen-bond donors (Lipinski definition) is 3. The van der Waals surface area contributed by atoms with E-state index in [0.717, 1.165) is 15.8 Å². The van der Waals surface area contributed by atoms with Crippen molar-refractivity contribution in [3.63, 3.8) is 0 Å². The van der Waals surface area contributed by atoms with E-state index in [1.165, 1.54) is 0 Å². The zero-order valence-electron chi connectivity index (χ0n) is 13.8. The molecule has 0 bridgehead atoms. The molecule has 0 aliphatic heterocycles. The van der Waals surface area contributed by atoms with Crippen molar-refractivity contribution in [2.75, 3.05) is 25.0 Å². The number of carbonyl (C=O) groups is 2. The molecule has 0 spiro atoms. The van der Waals surface area contributed by atoms with Crippen LogP contribution >= 0.6 is 15.9 Å². The van der Waals surface area contributed by atoms with E-state index in [9.17, 15) is 9.59 Å². The number of aryl methyl sites for hydroxylation is 1. The number of halogens is 1. The van der Waals surface area contributed by atoms with Gasteiger partial charge in [-0.05, 0) is 42.8 Å². The largest absolute Gasteiger partial charge is 0.492 e. The minimum atomic E-state index is -0.417. The Labute approximate surface area is 155 Å². The van der Waals surface area contributed by atoms with Gasteiger partial charge in [-0.2, -0.15) is 0 Å². The van der Waals surface area contributed by atoms with Crippen molar-refractivity contribution in [1.29, 1.82) is 0 Å². The number of carbonyl (C=O) groups excluding carboxylic acids is 2. The molecule has 2 aromatic rings. The van der Waals surface area contributed by atoms with Crippen molar-refractivity contribution in [2.24, 2.45) is 0 Å². The standard InChI is InChI=1S/C18H20BrN3O3/c1-13-11-14(19)7-8-16(13)22-17(23)12-21-18(24)20-9-10-25-15-5-3-2-4-6-15/h2-8,11H,9-10,12H2,1H3,(H,22,23)(H2,20,21,24). The van der Waals surface area contributed by atoms with E-state index in [2.05, 4.69) is 31.9 Å². The summed E-state index contributed by atoms with van der Waals surface area (Å²) in [7, 11) is 0. The predicted octanol–water partition coefficient (Wildman–Crippen LogP) is 3.07. The lowest BCUT2D eigenvalue weighted by Crippen LogP contribution is -2.41. The minimum absolute atomic E-state index is 0.110. The number of urea groups is 1. The van der Waals surface area contributed by atoms with Crippen molar-refractivity contribution in [2.45, 2.75) is 6.92 Å². The van der Waals surface area contributed by atoms with E-state index in [4.69, 9.17) is 4.74 Å². The number of rotatable bonds is 7. The van der Waals surface area contributed by atoms with E-state index >= 15 is 0 Å². The zero-order chi connectivity index (χ0) is 18.1. The van der Waals surface area contributed by atoms with E-state index in [-0.39, 0.29) is 12.5 Å². The molecular formula is C18H20BrN3O3. The van der Waals surface area contributed by atoms with Crippen LogP contribution < -0.4 is 20.7 Å². The van der Waals surface area contributed by atoms with Gasteiger partial charge in [0.1, 0.15) is 12.4 Å². The smallest absolute Gasteiger partial charge is 0.315 e. The minimum Gasteiger partial charge on any atom is -0.492 e. The maximum Gasteiger partial charge on any atom is 0.315 e. The van der Waals surface area contributed by atoms with Crippen molar-refractivity contribution >= 4 is 33.6 Å². The van der Waals surface area contributed by atoms with Crippen LogP contribution in [0.25, 0.3) is 0 Å². The molecule has 0 saturated heterocycles. The zero-order valence-corrected chi connectivity index (χ0v) is 15.4. The quantitative estimate of drug-likeness (QED) is 0.619. The molecule has 2 aromatic carbocycles. The molecule has 0 atom stereocenters. The van der Waals surface area contributed by atoms with Crippen LogP contribution in [0.1, 0.15) is 5.56 Å². The van der Waals surface area contributed by atoms with E-state index in [1.54, 1.807) is 6.07 Å². The summed E-state index contributed by atoms with van der Waals surface area (Å²) < 4.78 is 6.40. The van der Waals surface area contributed by atoms with Crippen LogP contribution in [0.5, 0.6) is 5.75 Å². The second-order valence-electron chi connectivity index (χ2n) is 5.28. The molecule has 25 heavy (non-hydrogen) atoms. The number of amides is 3. The second kappa shape index (κ2) is 9.68. The first kappa shape index (κ1) is 18.8. The van der Waals surface area contributed by atoms with E-state index in [1.807, 2.05) is 49.4 Å². The number of anilines is 1. The molecule has 7 heteroatoms. The summed E-state index contributed by atoms with van der Waals surface area (Å²) in [6.07, 6.45) is 0. The number of para-hydroxylation sites is 1. The van der Waals surface area contributed by atoms with Gasteiger partial charge < -0.3 is 20.7 Å². The molecule has 0 heterocycles. The van der Waals surface area contributed by atoms with Crippen molar-refractivity contribution in [1.82, 2.24) is 10.6 Å². The maximum absolute atomic E-state index is 11.9. The number of nitrogens with one attached hydrogen (secondary N) is 3. The van der Waals surface area contributed by atoms with Crippen LogP contribution in [0.15, 0.2) is 53.0 Å². The summed E-state index contributed by atoms with van der Waals surface area (Å²) in [5.74, 6) is 0.454. The van der Waals surface area contributed by atoms with E-state index in [0.29, 0.717) is 18.8 Å². The SMILES string of the molecule is Cc1cc(Br)ccc1NC(=O)CNC(=O)NCCOc1ccccc1. The van der Waals surface area contributed by atoms with Crippen LogP contribution in [-0.4, -0.2) is 31.6 Å². The first-order valence-corrected chi connectivity index (χ1v) is 8.59. The van der Waals surface area contributed by atoms with Crippen molar-refractivity contribution in [3.05, 3.63) is 58.6 Å². The van der Waals surface area contributed by atoms with Gasteiger partial charge in [0, 0.05) is 10.2 Å². The number of benzene rings is 2. The lowest BCUT2D eigenvalue weighted by Gasteiger charge is -2.11. The fourth-order valence-electron chi connectivity index (χ4n) is 2.03. The fraction of sp³-hybridized carbons (Fsp3) is 0.222. The monoisotopic (exact) mass is 405 g/mol. The molecule has 2 rings (SSSR count). The lowest BCUT2D eigenvalue weighted by atomic mass is 10.2. The first-order chi connectivity index (χ1) is 12.0. The Morgan fingerprint density at radius 2 is 1.84 bits per heavy atom. The van der Waals surface area contributed by atoms with Crippen LogP contribution in [0.2, 0.25) is 0 Å². The van der Waals surface area contributed by atoms with Crippen LogP contribution in [0.4, 0.5) is 10.5 Å². The van der Waals surface area contributed by atoms with Gasteiger partial charge in [-0.1, -0.05) is 34.1 Å².